The Labute approximate surface area is 111 Å². The molecule has 1 aromatic heterocycles. The van der Waals surface area contributed by atoms with Crippen LogP contribution in [0.1, 0.15) is 16.9 Å². The molecule has 0 saturated heterocycles. The van der Waals surface area contributed by atoms with Crippen LogP contribution in [-0.2, 0) is 9.59 Å². The summed E-state index contributed by atoms with van der Waals surface area (Å²) in [5.74, 6) is -2.84. The number of nitrogens with two attached hydrogens (primary N) is 1. The van der Waals surface area contributed by atoms with Gasteiger partial charge in [0, 0.05) is 0 Å². The van der Waals surface area contributed by atoms with Gasteiger partial charge in [-0.25, -0.2) is 9.78 Å². The molecule has 0 aromatic carbocycles. The number of carbonyl (C=O) groups is 3. The minimum Gasteiger partial charge on any atom is -0.480 e. The number of carboxylic acids is 1. The second-order valence-corrected chi connectivity index (χ2v) is 4.19. The molecule has 1 aromatic rings. The van der Waals surface area contributed by atoms with E-state index >= 15 is 0 Å². The van der Waals surface area contributed by atoms with Crippen molar-refractivity contribution < 1.29 is 19.5 Å². The van der Waals surface area contributed by atoms with Gasteiger partial charge < -0.3 is 16.2 Å². The maximum Gasteiger partial charge on any atom is 0.326 e. The summed E-state index contributed by atoms with van der Waals surface area (Å²) in [6, 6.07) is 3.25. The van der Waals surface area contributed by atoms with Crippen LogP contribution in [0.4, 0.5) is 0 Å². The molecular weight excluding hydrogens is 306 g/mol. The summed E-state index contributed by atoms with van der Waals surface area (Å²) in [4.78, 5) is 37.0. The third-order valence-electron chi connectivity index (χ3n) is 1.96. The predicted octanol–water partition coefficient (Wildman–Crippen LogP) is -0.0975. The number of hydrogen-bond acceptors (Lipinski definition) is 4. The van der Waals surface area contributed by atoms with E-state index in [9.17, 15) is 14.4 Å². The van der Waals surface area contributed by atoms with Crippen LogP contribution in [0.2, 0.25) is 0 Å². The van der Waals surface area contributed by atoms with Gasteiger partial charge in [-0.2, -0.15) is 0 Å². The number of halogens is 1. The summed E-state index contributed by atoms with van der Waals surface area (Å²) in [5.41, 5.74) is 4.93. The average Bonchev–Trinajstić information content (AvgIpc) is 2.27. The summed E-state index contributed by atoms with van der Waals surface area (Å²) < 4.78 is 0.442. The highest BCUT2D eigenvalue weighted by Crippen LogP contribution is 2.06. The Kier molecular flexibility index (Phi) is 4.78. The summed E-state index contributed by atoms with van der Waals surface area (Å²) in [7, 11) is 0. The van der Waals surface area contributed by atoms with Crippen molar-refractivity contribution in [1.82, 2.24) is 10.3 Å². The van der Waals surface area contributed by atoms with Crippen molar-refractivity contribution in [3.05, 3.63) is 28.5 Å². The second kappa shape index (κ2) is 6.10. The van der Waals surface area contributed by atoms with Crippen LogP contribution < -0.4 is 11.1 Å². The van der Waals surface area contributed by atoms with Crippen molar-refractivity contribution >= 4 is 33.7 Å². The molecule has 18 heavy (non-hydrogen) atoms. The van der Waals surface area contributed by atoms with Crippen LogP contribution in [0.5, 0.6) is 0 Å². The number of carboxylic acid groups (broad SMARTS) is 1. The van der Waals surface area contributed by atoms with Gasteiger partial charge >= 0.3 is 5.97 Å². The van der Waals surface area contributed by atoms with Crippen molar-refractivity contribution in [3.8, 4) is 0 Å². The molecule has 0 radical (unpaired) electrons. The Morgan fingerprint density at radius 1 is 1.44 bits per heavy atom. The van der Waals surface area contributed by atoms with Crippen LogP contribution in [0.15, 0.2) is 22.8 Å². The second-order valence-electron chi connectivity index (χ2n) is 3.38. The lowest BCUT2D eigenvalue weighted by molar-refractivity contribution is -0.140. The molecule has 96 valence electrons. The highest BCUT2D eigenvalue weighted by Gasteiger charge is 2.23. The number of aromatic nitrogens is 1. The van der Waals surface area contributed by atoms with Gasteiger partial charge in [-0.1, -0.05) is 6.07 Å². The fourth-order valence-corrected chi connectivity index (χ4v) is 1.51. The SMILES string of the molecule is NC(=O)C[C@@H](NC(=O)c1cccc(Br)n1)C(=O)O. The molecule has 0 aliphatic rings. The minimum atomic E-state index is -1.37. The van der Waals surface area contributed by atoms with E-state index in [1.165, 1.54) is 6.07 Å². The van der Waals surface area contributed by atoms with E-state index in [0.29, 0.717) is 4.60 Å². The van der Waals surface area contributed by atoms with Gasteiger partial charge in [0.2, 0.25) is 5.91 Å². The highest BCUT2D eigenvalue weighted by molar-refractivity contribution is 9.10. The first-order valence-electron chi connectivity index (χ1n) is 4.84. The van der Waals surface area contributed by atoms with E-state index in [0.717, 1.165) is 0 Å². The van der Waals surface area contributed by atoms with Crippen molar-refractivity contribution in [2.24, 2.45) is 5.73 Å². The van der Waals surface area contributed by atoms with Crippen molar-refractivity contribution in [2.75, 3.05) is 0 Å². The lowest BCUT2D eigenvalue weighted by Gasteiger charge is -2.12. The molecule has 8 heteroatoms. The number of carbonyl (C=O) groups excluding carboxylic acids is 2. The van der Waals surface area contributed by atoms with E-state index in [-0.39, 0.29) is 5.69 Å². The molecule has 0 aliphatic heterocycles. The number of pyridine rings is 1. The van der Waals surface area contributed by atoms with E-state index in [1.54, 1.807) is 12.1 Å². The molecule has 1 atom stereocenters. The fourth-order valence-electron chi connectivity index (χ4n) is 1.17. The molecule has 0 unspecified atom stereocenters. The zero-order valence-electron chi connectivity index (χ0n) is 9.09. The summed E-state index contributed by atoms with van der Waals surface area (Å²) in [5, 5.41) is 11.0. The molecule has 0 spiro atoms. The number of hydrogen-bond donors (Lipinski definition) is 3. The smallest absolute Gasteiger partial charge is 0.326 e. The summed E-state index contributed by atoms with van der Waals surface area (Å²) in [6.45, 7) is 0. The molecule has 4 N–H and O–H groups in total. The fraction of sp³-hybridized carbons (Fsp3) is 0.200. The van der Waals surface area contributed by atoms with Crippen LogP contribution in [0, 0.1) is 0 Å². The van der Waals surface area contributed by atoms with Gasteiger partial charge in [-0.15, -0.1) is 0 Å². The number of rotatable bonds is 5. The first-order valence-corrected chi connectivity index (χ1v) is 5.64. The first-order chi connectivity index (χ1) is 8.40. The standard InChI is InChI=1S/C10H10BrN3O4/c11-7-3-1-2-5(13-7)9(16)14-6(10(17)18)4-8(12)15/h1-3,6H,4H2,(H2,12,15)(H,14,16)(H,17,18)/t6-/m1/s1. The van der Waals surface area contributed by atoms with E-state index in [2.05, 4.69) is 26.2 Å². The van der Waals surface area contributed by atoms with Crippen LogP contribution in [0.25, 0.3) is 0 Å². The van der Waals surface area contributed by atoms with Gasteiger partial charge in [-0.3, -0.25) is 9.59 Å². The zero-order valence-corrected chi connectivity index (χ0v) is 10.7. The van der Waals surface area contributed by atoms with Crippen molar-refractivity contribution in [3.63, 3.8) is 0 Å². The molecule has 0 bridgehead atoms. The largest absolute Gasteiger partial charge is 0.480 e. The van der Waals surface area contributed by atoms with Gasteiger partial charge in [0.25, 0.3) is 5.91 Å². The third kappa shape index (κ3) is 4.13. The highest BCUT2D eigenvalue weighted by atomic mass is 79.9. The number of primary amides is 1. The first kappa shape index (κ1) is 14.1. The average molecular weight is 316 g/mol. The Bertz CT molecular complexity index is 492. The van der Waals surface area contributed by atoms with E-state index in [1.807, 2.05) is 0 Å². The molecular formula is C10H10BrN3O4. The van der Waals surface area contributed by atoms with Crippen LogP contribution in [0.3, 0.4) is 0 Å². The maximum atomic E-state index is 11.7. The van der Waals surface area contributed by atoms with Crippen molar-refractivity contribution in [1.29, 1.82) is 0 Å². The van der Waals surface area contributed by atoms with Gasteiger partial charge in [-0.05, 0) is 28.1 Å². The molecule has 0 aliphatic carbocycles. The zero-order chi connectivity index (χ0) is 13.7. The predicted molar refractivity (Wildman–Crippen MR) is 64.6 cm³/mol. The Balaban J connectivity index is 2.78. The van der Waals surface area contributed by atoms with E-state index < -0.39 is 30.2 Å². The lowest BCUT2D eigenvalue weighted by atomic mass is 10.2. The molecule has 0 saturated carbocycles. The normalized spacial score (nSPS) is 11.6. The maximum absolute atomic E-state index is 11.7. The molecule has 2 amide bonds. The van der Waals surface area contributed by atoms with Gasteiger partial charge in [0.05, 0.1) is 6.42 Å². The molecule has 1 rings (SSSR count). The number of nitrogens with one attached hydrogen (secondary N) is 1. The van der Waals surface area contributed by atoms with E-state index in [4.69, 9.17) is 10.8 Å². The number of aliphatic carboxylic acids is 1. The molecule has 0 fully saturated rings. The molecule has 1 heterocycles. The minimum absolute atomic E-state index is 0.0418. The number of amides is 2. The number of nitrogens with zero attached hydrogens (tertiary/aromatic N) is 1. The summed E-state index contributed by atoms with van der Waals surface area (Å²) >= 11 is 3.08. The van der Waals surface area contributed by atoms with Gasteiger partial charge in [0.15, 0.2) is 0 Å². The third-order valence-corrected chi connectivity index (χ3v) is 2.40. The Morgan fingerprint density at radius 2 is 2.11 bits per heavy atom. The van der Waals surface area contributed by atoms with Crippen molar-refractivity contribution in [2.45, 2.75) is 12.5 Å². The Hall–Kier alpha value is -1.96. The van der Waals surface area contributed by atoms with Gasteiger partial charge in [0.1, 0.15) is 16.3 Å². The summed E-state index contributed by atoms with van der Waals surface area (Å²) in [6.07, 6.45) is -0.477. The monoisotopic (exact) mass is 315 g/mol. The quantitative estimate of drug-likeness (QED) is 0.655. The lowest BCUT2D eigenvalue weighted by Crippen LogP contribution is -2.43. The topological polar surface area (TPSA) is 122 Å². The molecule has 7 nitrogen and oxygen atoms in total. The Morgan fingerprint density at radius 3 is 2.61 bits per heavy atom. The van der Waals surface area contributed by atoms with Crippen LogP contribution in [-0.4, -0.2) is 33.9 Å². The van der Waals surface area contributed by atoms with Crippen LogP contribution >= 0.6 is 15.9 Å².